The molecule has 75 valence electrons. The van der Waals surface area contributed by atoms with Crippen molar-refractivity contribution in [3.05, 3.63) is 6.61 Å². The zero-order valence-corrected chi connectivity index (χ0v) is 8.72. The van der Waals surface area contributed by atoms with Crippen molar-refractivity contribution in [2.45, 2.75) is 63.9 Å². The van der Waals surface area contributed by atoms with Crippen LogP contribution in [0.15, 0.2) is 0 Å². The van der Waals surface area contributed by atoms with E-state index in [1.54, 1.807) is 0 Å². The van der Waals surface area contributed by atoms with Crippen molar-refractivity contribution in [2.75, 3.05) is 0 Å². The predicted octanol–water partition coefficient (Wildman–Crippen LogP) is 3.69. The van der Waals surface area contributed by atoms with Gasteiger partial charge in [0.2, 0.25) is 0 Å². The molecule has 2 rings (SSSR count). The maximum Gasteiger partial charge on any atom is 0.117 e. The van der Waals surface area contributed by atoms with Gasteiger partial charge in [-0.25, -0.2) is 0 Å². The molecule has 13 heavy (non-hydrogen) atoms. The summed E-state index contributed by atoms with van der Waals surface area (Å²) in [4.78, 5) is 0. The van der Waals surface area contributed by atoms with Crippen molar-refractivity contribution in [3.8, 4) is 0 Å². The maximum absolute atomic E-state index is 5.61. The molecule has 1 atom stereocenters. The highest BCUT2D eigenvalue weighted by molar-refractivity contribution is 5.07. The van der Waals surface area contributed by atoms with Gasteiger partial charge in [-0.1, -0.05) is 39.0 Å². The predicted molar refractivity (Wildman–Crippen MR) is 54.2 cm³/mol. The van der Waals surface area contributed by atoms with E-state index in [0.29, 0.717) is 0 Å². The molecule has 1 nitrogen and oxygen atoms in total. The molecule has 1 heteroatoms. The van der Waals surface area contributed by atoms with E-state index in [9.17, 15) is 0 Å². The summed E-state index contributed by atoms with van der Waals surface area (Å²) in [5.74, 6) is 0.854. The van der Waals surface area contributed by atoms with Crippen LogP contribution < -0.4 is 0 Å². The summed E-state index contributed by atoms with van der Waals surface area (Å²) in [6, 6.07) is 0. The van der Waals surface area contributed by atoms with Crippen molar-refractivity contribution in [1.82, 2.24) is 0 Å². The lowest BCUT2D eigenvalue weighted by Gasteiger charge is -2.27. The summed E-state index contributed by atoms with van der Waals surface area (Å²) in [7, 11) is 0. The van der Waals surface area contributed by atoms with Crippen LogP contribution in [0.1, 0.15) is 58.3 Å². The summed E-state index contributed by atoms with van der Waals surface area (Å²) in [5.41, 5.74) is 0.246. The standard InChI is InChI=1S/C12H21O/c1-2-3-9-12(10-13-12)11-7-5-4-6-8-11/h10-11H,2-9H2,1H3. The SMILES string of the molecule is CCCCC1(C2CCCCC2)[CH]O1. The lowest BCUT2D eigenvalue weighted by Crippen LogP contribution is -2.25. The first-order valence-corrected chi connectivity index (χ1v) is 5.89. The zero-order chi connectivity index (χ0) is 9.15. The van der Waals surface area contributed by atoms with E-state index in [0.717, 1.165) is 5.92 Å². The Kier molecular flexibility index (Phi) is 2.92. The minimum Gasteiger partial charge on any atom is -0.363 e. The molecule has 2 aliphatic rings. The summed E-state index contributed by atoms with van der Waals surface area (Å²) < 4.78 is 5.61. The van der Waals surface area contributed by atoms with Gasteiger partial charge in [0, 0.05) is 0 Å². The van der Waals surface area contributed by atoms with Gasteiger partial charge in [-0.2, -0.15) is 0 Å². The van der Waals surface area contributed by atoms with E-state index in [2.05, 4.69) is 13.5 Å². The fourth-order valence-electron chi connectivity index (χ4n) is 2.63. The number of unbranched alkanes of at least 4 members (excludes halogenated alkanes) is 1. The van der Waals surface area contributed by atoms with E-state index < -0.39 is 0 Å². The summed E-state index contributed by atoms with van der Waals surface area (Å²) in [6.07, 6.45) is 11.0. The Hall–Kier alpha value is -0.0400. The number of ether oxygens (including phenoxy) is 1. The molecule has 0 spiro atoms. The van der Waals surface area contributed by atoms with Crippen LogP contribution >= 0.6 is 0 Å². The van der Waals surface area contributed by atoms with E-state index in [1.165, 1.54) is 51.4 Å². The van der Waals surface area contributed by atoms with E-state index in [-0.39, 0.29) is 5.60 Å². The normalized spacial score (nSPS) is 34.8. The van der Waals surface area contributed by atoms with Crippen molar-refractivity contribution < 1.29 is 4.74 Å². The van der Waals surface area contributed by atoms with Crippen LogP contribution in [-0.2, 0) is 4.74 Å². The van der Waals surface area contributed by atoms with Gasteiger partial charge >= 0.3 is 0 Å². The number of epoxide rings is 1. The van der Waals surface area contributed by atoms with Crippen LogP contribution in [-0.4, -0.2) is 5.60 Å². The van der Waals surface area contributed by atoms with E-state index in [4.69, 9.17) is 4.74 Å². The molecule has 0 bridgehead atoms. The quantitative estimate of drug-likeness (QED) is 0.603. The van der Waals surface area contributed by atoms with Gasteiger partial charge in [-0.05, 0) is 25.2 Å². The Morgan fingerprint density at radius 3 is 2.54 bits per heavy atom. The molecule has 1 heterocycles. The molecule has 2 fully saturated rings. The molecule has 1 saturated heterocycles. The number of hydrogen-bond acceptors (Lipinski definition) is 1. The lowest BCUT2D eigenvalue weighted by atomic mass is 9.78. The maximum atomic E-state index is 5.61. The minimum atomic E-state index is 0.246. The zero-order valence-electron chi connectivity index (χ0n) is 8.72. The Labute approximate surface area is 81.9 Å². The second kappa shape index (κ2) is 4.00. The third-order valence-corrected chi connectivity index (χ3v) is 3.64. The number of hydrogen-bond donors (Lipinski definition) is 0. The van der Waals surface area contributed by atoms with Crippen molar-refractivity contribution >= 4 is 0 Å². The fourth-order valence-corrected chi connectivity index (χ4v) is 2.63. The highest BCUT2D eigenvalue weighted by Gasteiger charge is 2.51. The first kappa shape index (κ1) is 9.51. The van der Waals surface area contributed by atoms with Crippen LogP contribution in [0, 0.1) is 12.5 Å². The molecule has 1 saturated carbocycles. The average Bonchev–Trinajstić information content (AvgIpc) is 2.97. The van der Waals surface area contributed by atoms with Gasteiger partial charge in [-0.3, -0.25) is 0 Å². The largest absolute Gasteiger partial charge is 0.363 e. The highest BCUT2D eigenvalue weighted by atomic mass is 16.6. The molecular formula is C12H21O. The molecule has 0 N–H and O–H groups in total. The molecule has 0 aromatic rings. The van der Waals surface area contributed by atoms with Gasteiger partial charge < -0.3 is 4.74 Å². The molecule has 1 unspecified atom stereocenters. The smallest absolute Gasteiger partial charge is 0.117 e. The second-order valence-corrected chi connectivity index (χ2v) is 4.63. The molecule has 1 radical (unpaired) electrons. The van der Waals surface area contributed by atoms with Gasteiger partial charge in [0.15, 0.2) is 0 Å². The molecule has 1 aliphatic heterocycles. The van der Waals surface area contributed by atoms with Gasteiger partial charge in [0.25, 0.3) is 0 Å². The summed E-state index contributed by atoms with van der Waals surface area (Å²) in [6.45, 7) is 4.37. The average molecular weight is 181 g/mol. The molecular weight excluding hydrogens is 160 g/mol. The van der Waals surface area contributed by atoms with Crippen LogP contribution in [0.3, 0.4) is 0 Å². The van der Waals surface area contributed by atoms with Crippen LogP contribution in [0.5, 0.6) is 0 Å². The Bertz CT molecular complexity index is 155. The van der Waals surface area contributed by atoms with Crippen LogP contribution in [0.25, 0.3) is 0 Å². The van der Waals surface area contributed by atoms with Crippen LogP contribution in [0.4, 0.5) is 0 Å². The van der Waals surface area contributed by atoms with Gasteiger partial charge in [0.05, 0.1) is 0 Å². The van der Waals surface area contributed by atoms with Gasteiger partial charge in [0.1, 0.15) is 12.2 Å². The third kappa shape index (κ3) is 2.07. The first-order chi connectivity index (χ1) is 6.37. The molecule has 0 aromatic carbocycles. The highest BCUT2D eigenvalue weighted by Crippen LogP contribution is 2.49. The topological polar surface area (TPSA) is 12.5 Å². The molecule has 1 aliphatic carbocycles. The fraction of sp³-hybridized carbons (Fsp3) is 0.917. The first-order valence-electron chi connectivity index (χ1n) is 5.89. The molecule has 0 amide bonds. The Balaban J connectivity index is 1.82. The van der Waals surface area contributed by atoms with E-state index in [1.807, 2.05) is 0 Å². The second-order valence-electron chi connectivity index (χ2n) is 4.63. The Morgan fingerprint density at radius 1 is 1.31 bits per heavy atom. The van der Waals surface area contributed by atoms with E-state index >= 15 is 0 Å². The van der Waals surface area contributed by atoms with Crippen molar-refractivity contribution in [2.24, 2.45) is 5.92 Å². The van der Waals surface area contributed by atoms with Gasteiger partial charge in [-0.15, -0.1) is 0 Å². The summed E-state index contributed by atoms with van der Waals surface area (Å²) >= 11 is 0. The minimum absolute atomic E-state index is 0.246. The number of rotatable bonds is 4. The lowest BCUT2D eigenvalue weighted by molar-refractivity contribution is 0.161. The van der Waals surface area contributed by atoms with Crippen LogP contribution in [0.2, 0.25) is 0 Å². The van der Waals surface area contributed by atoms with Crippen molar-refractivity contribution in [1.29, 1.82) is 0 Å². The van der Waals surface area contributed by atoms with Crippen molar-refractivity contribution in [3.63, 3.8) is 0 Å². The molecule has 0 aromatic heterocycles. The monoisotopic (exact) mass is 181 g/mol. The Morgan fingerprint density at radius 2 is 2.00 bits per heavy atom. The third-order valence-electron chi connectivity index (χ3n) is 3.64. The summed E-state index contributed by atoms with van der Waals surface area (Å²) in [5, 5.41) is 0.